The summed E-state index contributed by atoms with van der Waals surface area (Å²) in [4.78, 5) is 14.8. The van der Waals surface area contributed by atoms with Crippen LogP contribution in [-0.2, 0) is 0 Å². The second-order valence-corrected chi connectivity index (χ2v) is 6.27. The van der Waals surface area contributed by atoms with Crippen LogP contribution in [0, 0.1) is 12.8 Å². The van der Waals surface area contributed by atoms with E-state index in [1.165, 1.54) is 0 Å². The van der Waals surface area contributed by atoms with E-state index in [4.69, 9.17) is 9.15 Å². The monoisotopic (exact) mass is 317 g/mol. The molecule has 124 valence electrons. The summed E-state index contributed by atoms with van der Waals surface area (Å²) in [6, 6.07) is 5.51. The molecule has 1 amide bonds. The summed E-state index contributed by atoms with van der Waals surface area (Å²) in [6.45, 7) is 4.99. The van der Waals surface area contributed by atoms with Crippen molar-refractivity contribution < 1.29 is 19.1 Å². The van der Waals surface area contributed by atoms with Crippen LogP contribution in [0.3, 0.4) is 0 Å². The van der Waals surface area contributed by atoms with Gasteiger partial charge in [0.15, 0.2) is 0 Å². The number of likely N-dealkylation sites (tertiary alicyclic amines) is 1. The molecule has 2 heterocycles. The molecule has 1 unspecified atom stereocenters. The minimum absolute atomic E-state index is 0.00135. The number of carbonyl (C=O) groups is 1. The molecule has 1 aliphatic heterocycles. The summed E-state index contributed by atoms with van der Waals surface area (Å²) in [5.41, 5.74) is 1.32. The maximum atomic E-state index is 12.9. The van der Waals surface area contributed by atoms with Crippen molar-refractivity contribution in [1.82, 2.24) is 4.90 Å². The van der Waals surface area contributed by atoms with E-state index >= 15 is 0 Å². The van der Waals surface area contributed by atoms with Crippen molar-refractivity contribution in [2.45, 2.75) is 32.8 Å². The number of fused-ring (bicyclic) bond motifs is 1. The van der Waals surface area contributed by atoms with E-state index in [1.54, 1.807) is 7.11 Å². The lowest BCUT2D eigenvalue weighted by molar-refractivity contribution is 0.0521. The Balaban J connectivity index is 1.88. The topological polar surface area (TPSA) is 62.9 Å². The first-order valence-corrected chi connectivity index (χ1v) is 8.05. The van der Waals surface area contributed by atoms with Crippen LogP contribution in [0.2, 0.25) is 0 Å². The molecular formula is C18H23NO4. The van der Waals surface area contributed by atoms with Crippen LogP contribution < -0.4 is 4.74 Å². The molecule has 1 aromatic heterocycles. The lowest BCUT2D eigenvalue weighted by Crippen LogP contribution is -2.40. The van der Waals surface area contributed by atoms with Gasteiger partial charge in [0.1, 0.15) is 17.1 Å². The van der Waals surface area contributed by atoms with E-state index in [9.17, 15) is 9.90 Å². The number of hydrogen-bond acceptors (Lipinski definition) is 4. The number of ether oxygens (including phenoxy) is 1. The van der Waals surface area contributed by atoms with Crippen LogP contribution in [0.4, 0.5) is 0 Å². The molecule has 3 rings (SSSR count). The number of furan rings is 1. The van der Waals surface area contributed by atoms with Crippen molar-refractivity contribution in [3.63, 3.8) is 0 Å². The fourth-order valence-corrected chi connectivity index (χ4v) is 3.33. The summed E-state index contributed by atoms with van der Waals surface area (Å²) in [5.74, 6) is 1.62. The molecule has 1 aliphatic rings. The average Bonchev–Trinajstić information content (AvgIpc) is 2.89. The van der Waals surface area contributed by atoms with Crippen LogP contribution in [0.25, 0.3) is 11.0 Å². The number of carbonyl (C=O) groups excluding carboxylic acids is 1. The molecule has 1 N–H and O–H groups in total. The molecule has 1 aromatic carbocycles. The fourth-order valence-electron chi connectivity index (χ4n) is 3.33. The summed E-state index contributed by atoms with van der Waals surface area (Å²) in [5, 5.41) is 10.5. The molecular weight excluding hydrogens is 294 g/mol. The lowest BCUT2D eigenvalue weighted by atomic mass is 9.92. The van der Waals surface area contributed by atoms with Crippen molar-refractivity contribution in [1.29, 1.82) is 0 Å². The molecule has 1 atom stereocenters. The van der Waals surface area contributed by atoms with Gasteiger partial charge in [0.2, 0.25) is 0 Å². The van der Waals surface area contributed by atoms with E-state index in [1.807, 2.05) is 36.9 Å². The highest BCUT2D eigenvalue weighted by molar-refractivity contribution is 6.07. The third kappa shape index (κ3) is 2.93. The molecule has 23 heavy (non-hydrogen) atoms. The Bertz CT molecular complexity index is 711. The molecule has 5 heteroatoms. The first kappa shape index (κ1) is 15.9. The second-order valence-electron chi connectivity index (χ2n) is 6.27. The molecule has 1 saturated heterocycles. The standard InChI is InChI=1S/C18H23NO4/c1-11(20)13-6-8-19(9-7-13)18(21)17-12(2)23-16-5-4-14(22-3)10-15(16)17/h4-5,10-11,13,20H,6-9H2,1-3H3. The van der Waals surface area contributed by atoms with Gasteiger partial charge < -0.3 is 19.2 Å². The number of methoxy groups -OCH3 is 1. The van der Waals surface area contributed by atoms with Crippen molar-refractivity contribution in [2.75, 3.05) is 20.2 Å². The maximum absolute atomic E-state index is 12.9. The molecule has 0 bridgehead atoms. The molecule has 0 spiro atoms. The number of aliphatic hydroxyl groups excluding tert-OH is 1. The van der Waals surface area contributed by atoms with Crippen molar-refractivity contribution >= 4 is 16.9 Å². The summed E-state index contributed by atoms with van der Waals surface area (Å²) in [6.07, 6.45) is 1.36. The molecule has 0 aliphatic carbocycles. The molecule has 2 aromatic rings. The zero-order valence-electron chi connectivity index (χ0n) is 13.8. The number of aryl methyl sites for hydroxylation is 1. The van der Waals surface area contributed by atoms with Gasteiger partial charge in [-0.05, 0) is 50.8 Å². The van der Waals surface area contributed by atoms with Gasteiger partial charge in [0, 0.05) is 18.5 Å². The van der Waals surface area contributed by atoms with Crippen LogP contribution in [-0.4, -0.2) is 42.2 Å². The van der Waals surface area contributed by atoms with Crippen LogP contribution in [0.1, 0.15) is 35.9 Å². The largest absolute Gasteiger partial charge is 0.497 e. The minimum Gasteiger partial charge on any atom is -0.497 e. The highest BCUT2D eigenvalue weighted by Crippen LogP contribution is 2.31. The van der Waals surface area contributed by atoms with Gasteiger partial charge in [-0.3, -0.25) is 4.79 Å². The highest BCUT2D eigenvalue weighted by atomic mass is 16.5. The number of amides is 1. The molecule has 5 nitrogen and oxygen atoms in total. The number of hydrogen-bond donors (Lipinski definition) is 1. The third-order valence-corrected chi connectivity index (χ3v) is 4.79. The Kier molecular flexibility index (Phi) is 4.31. The van der Waals surface area contributed by atoms with Crippen molar-refractivity contribution in [3.8, 4) is 5.75 Å². The third-order valence-electron chi connectivity index (χ3n) is 4.79. The summed E-state index contributed by atoms with van der Waals surface area (Å²) >= 11 is 0. The first-order chi connectivity index (χ1) is 11.0. The summed E-state index contributed by atoms with van der Waals surface area (Å²) in [7, 11) is 1.61. The Morgan fingerprint density at radius 2 is 2.09 bits per heavy atom. The predicted molar refractivity (Wildman–Crippen MR) is 87.8 cm³/mol. The van der Waals surface area contributed by atoms with Gasteiger partial charge in [-0.2, -0.15) is 0 Å². The van der Waals surface area contributed by atoms with E-state index in [2.05, 4.69) is 0 Å². The van der Waals surface area contributed by atoms with E-state index in [0.717, 1.165) is 18.2 Å². The Morgan fingerprint density at radius 1 is 1.39 bits per heavy atom. The second kappa shape index (κ2) is 6.24. The van der Waals surface area contributed by atoms with Crippen LogP contribution >= 0.6 is 0 Å². The average molecular weight is 317 g/mol. The van der Waals surface area contributed by atoms with Crippen molar-refractivity contribution in [3.05, 3.63) is 29.5 Å². The predicted octanol–water partition coefficient (Wildman–Crippen LogP) is 2.98. The smallest absolute Gasteiger partial charge is 0.258 e. The maximum Gasteiger partial charge on any atom is 0.258 e. The fraction of sp³-hybridized carbons (Fsp3) is 0.500. The number of piperidine rings is 1. The summed E-state index contributed by atoms with van der Waals surface area (Å²) < 4.78 is 11.0. The van der Waals surface area contributed by atoms with Gasteiger partial charge in [0.05, 0.1) is 18.8 Å². The lowest BCUT2D eigenvalue weighted by Gasteiger charge is -2.33. The molecule has 0 saturated carbocycles. The van der Waals surface area contributed by atoms with Gasteiger partial charge >= 0.3 is 0 Å². The van der Waals surface area contributed by atoms with Gasteiger partial charge in [-0.15, -0.1) is 0 Å². The minimum atomic E-state index is -0.312. The van der Waals surface area contributed by atoms with E-state index in [0.29, 0.717) is 35.7 Å². The molecule has 1 fully saturated rings. The van der Waals surface area contributed by atoms with Crippen LogP contribution in [0.15, 0.2) is 22.6 Å². The number of aliphatic hydroxyl groups is 1. The van der Waals surface area contributed by atoms with E-state index < -0.39 is 0 Å². The number of nitrogens with zero attached hydrogens (tertiary/aromatic N) is 1. The quantitative estimate of drug-likeness (QED) is 0.945. The van der Waals surface area contributed by atoms with Gasteiger partial charge in [-0.1, -0.05) is 0 Å². The van der Waals surface area contributed by atoms with Gasteiger partial charge in [0.25, 0.3) is 5.91 Å². The SMILES string of the molecule is COc1ccc2oc(C)c(C(=O)N3CCC(C(C)O)CC3)c2c1. The number of rotatable bonds is 3. The normalized spacial score (nSPS) is 17.5. The Morgan fingerprint density at radius 3 is 2.70 bits per heavy atom. The Labute approximate surface area is 135 Å². The zero-order valence-corrected chi connectivity index (χ0v) is 13.8. The van der Waals surface area contributed by atoms with Crippen molar-refractivity contribution in [2.24, 2.45) is 5.92 Å². The highest BCUT2D eigenvalue weighted by Gasteiger charge is 2.29. The van der Waals surface area contributed by atoms with Crippen LogP contribution in [0.5, 0.6) is 5.75 Å². The molecule has 0 radical (unpaired) electrons. The Hall–Kier alpha value is -2.01. The van der Waals surface area contributed by atoms with Gasteiger partial charge in [-0.25, -0.2) is 0 Å². The number of benzene rings is 1. The first-order valence-electron chi connectivity index (χ1n) is 8.05. The van der Waals surface area contributed by atoms with E-state index in [-0.39, 0.29) is 17.9 Å². The zero-order chi connectivity index (χ0) is 16.6.